The van der Waals surface area contributed by atoms with Crippen molar-refractivity contribution >= 4 is 16.6 Å². The van der Waals surface area contributed by atoms with Crippen LogP contribution in [-0.4, -0.2) is 34.7 Å². The van der Waals surface area contributed by atoms with Crippen LogP contribution in [0.15, 0.2) is 66.9 Å². The fourth-order valence-corrected chi connectivity index (χ4v) is 5.37. The molecular weight excluding hydrogens is 474 g/mol. The molecule has 1 N–H and O–H groups in total. The minimum Gasteiger partial charge on any atom is -0.493 e. The van der Waals surface area contributed by atoms with Gasteiger partial charge in [0.25, 0.3) is 0 Å². The van der Waals surface area contributed by atoms with Gasteiger partial charge in [0.2, 0.25) is 0 Å². The highest BCUT2D eigenvalue weighted by Gasteiger charge is 2.68. The van der Waals surface area contributed by atoms with Crippen molar-refractivity contribution in [1.82, 2.24) is 9.78 Å². The summed E-state index contributed by atoms with van der Waals surface area (Å²) in [6, 6.07) is 16.8. The van der Waals surface area contributed by atoms with Gasteiger partial charge >= 0.3 is 6.18 Å². The van der Waals surface area contributed by atoms with Gasteiger partial charge in [-0.2, -0.15) is 18.3 Å². The van der Waals surface area contributed by atoms with Gasteiger partial charge in [-0.05, 0) is 36.8 Å². The van der Waals surface area contributed by atoms with Crippen LogP contribution in [0.25, 0.3) is 16.6 Å². The van der Waals surface area contributed by atoms with Gasteiger partial charge in [-0.15, -0.1) is 0 Å². The van der Waals surface area contributed by atoms with Crippen molar-refractivity contribution < 1.29 is 27.0 Å². The summed E-state index contributed by atoms with van der Waals surface area (Å²) in [6.07, 6.45) is -2.60. The van der Waals surface area contributed by atoms with Gasteiger partial charge in [0.15, 0.2) is 5.60 Å². The normalized spacial score (nSPS) is 23.2. The lowest BCUT2D eigenvalue weighted by molar-refractivity contribution is -0.380. The van der Waals surface area contributed by atoms with Crippen LogP contribution in [0, 0.1) is 5.82 Å². The Bertz CT molecular complexity index is 1460. The van der Waals surface area contributed by atoms with E-state index in [0.29, 0.717) is 34.5 Å². The minimum atomic E-state index is -4.59. The Kier molecular flexibility index (Phi) is 5.05. The second kappa shape index (κ2) is 7.96. The molecule has 186 valence electrons. The molecular formula is C27H23F4N3O2. The molecule has 4 aromatic rings. The number of hydrogen-bond acceptors (Lipinski definition) is 4. The predicted octanol–water partition coefficient (Wildman–Crippen LogP) is 6.15. The Hall–Kier alpha value is -3.59. The van der Waals surface area contributed by atoms with Crippen LogP contribution in [0.3, 0.4) is 0 Å². The molecule has 0 bridgehead atoms. The average Bonchev–Trinajstić information content (AvgIpc) is 3.48. The highest BCUT2D eigenvalue weighted by molar-refractivity contribution is 5.92. The molecule has 0 amide bonds. The second-order valence-corrected chi connectivity index (χ2v) is 9.49. The average molecular weight is 497 g/mol. The van der Waals surface area contributed by atoms with Crippen molar-refractivity contribution in [3.63, 3.8) is 0 Å². The number of anilines is 1. The third-order valence-corrected chi connectivity index (χ3v) is 7.10. The number of alkyl halides is 3. The van der Waals surface area contributed by atoms with E-state index >= 15 is 0 Å². The molecule has 0 spiro atoms. The number of benzene rings is 3. The first kappa shape index (κ1) is 22.8. The second-order valence-electron chi connectivity index (χ2n) is 9.49. The molecule has 36 heavy (non-hydrogen) atoms. The van der Waals surface area contributed by atoms with E-state index in [4.69, 9.17) is 9.47 Å². The molecule has 9 heteroatoms. The Balaban J connectivity index is 1.28. The van der Waals surface area contributed by atoms with E-state index in [-0.39, 0.29) is 12.1 Å². The molecule has 0 saturated carbocycles. The van der Waals surface area contributed by atoms with Crippen molar-refractivity contribution in [2.45, 2.75) is 37.1 Å². The monoisotopic (exact) mass is 497 g/mol. The number of nitrogens with one attached hydrogen (secondary N) is 1. The standard InChI is InChI=1S/C27H23F4N3O2/c1-25(19-7-4-6-17-12-13-35-24(17)19)15-26(36-25,27(29,30)31)16-32-21-9-5-11-22-18(21)14-33-34(22)23-10-3-2-8-20(23)28/h2-11,14,32H,12-13,15-16H2,1H3. The van der Waals surface area contributed by atoms with Crippen molar-refractivity contribution in [2.75, 3.05) is 18.5 Å². The summed E-state index contributed by atoms with van der Waals surface area (Å²) in [5.41, 5.74) is -0.569. The highest BCUT2D eigenvalue weighted by atomic mass is 19.4. The number of aromatic nitrogens is 2. The summed E-state index contributed by atoms with van der Waals surface area (Å²) in [7, 11) is 0. The zero-order valence-corrected chi connectivity index (χ0v) is 19.4. The largest absolute Gasteiger partial charge is 0.493 e. The molecule has 1 saturated heterocycles. The van der Waals surface area contributed by atoms with Crippen LogP contribution in [0.4, 0.5) is 23.2 Å². The van der Waals surface area contributed by atoms with Crippen molar-refractivity contribution in [1.29, 1.82) is 0 Å². The zero-order chi connectivity index (χ0) is 25.1. The van der Waals surface area contributed by atoms with Gasteiger partial charge in [-0.3, -0.25) is 0 Å². The molecule has 2 unspecified atom stereocenters. The molecule has 3 heterocycles. The quantitative estimate of drug-likeness (QED) is 0.336. The Labute approximate surface area is 204 Å². The van der Waals surface area contributed by atoms with Crippen LogP contribution in [-0.2, 0) is 16.8 Å². The fraction of sp³-hybridized carbons (Fsp3) is 0.296. The fourth-order valence-electron chi connectivity index (χ4n) is 5.37. The molecule has 5 nitrogen and oxygen atoms in total. The molecule has 2 atom stereocenters. The van der Waals surface area contributed by atoms with E-state index in [1.165, 1.54) is 16.9 Å². The zero-order valence-electron chi connectivity index (χ0n) is 19.4. The SMILES string of the molecule is CC1(c2cccc3c2OCC3)CC(CNc2cccc3c2cnn3-c2ccccc2F)(C(F)(F)F)O1. The van der Waals surface area contributed by atoms with E-state index in [1.54, 1.807) is 49.4 Å². The van der Waals surface area contributed by atoms with Crippen molar-refractivity contribution in [2.24, 2.45) is 0 Å². The maximum atomic E-state index is 14.3. The molecule has 0 radical (unpaired) electrons. The topological polar surface area (TPSA) is 48.3 Å². The van der Waals surface area contributed by atoms with Crippen molar-refractivity contribution in [3.05, 3.63) is 83.8 Å². The summed E-state index contributed by atoms with van der Waals surface area (Å²) in [5, 5.41) is 7.79. The maximum Gasteiger partial charge on any atom is 0.419 e. The minimum absolute atomic E-state index is 0.249. The van der Waals surface area contributed by atoms with Crippen LogP contribution < -0.4 is 10.1 Å². The third-order valence-electron chi connectivity index (χ3n) is 7.10. The van der Waals surface area contributed by atoms with E-state index in [2.05, 4.69) is 10.4 Å². The van der Waals surface area contributed by atoms with E-state index in [1.807, 2.05) is 12.1 Å². The number of halogens is 4. The van der Waals surface area contributed by atoms with Gasteiger partial charge in [0.1, 0.15) is 17.3 Å². The summed E-state index contributed by atoms with van der Waals surface area (Å²) in [5.74, 6) is 0.185. The number of ether oxygens (including phenoxy) is 2. The lowest BCUT2D eigenvalue weighted by Gasteiger charge is -2.55. The first-order valence-electron chi connectivity index (χ1n) is 11.7. The number of nitrogens with zero attached hydrogens (tertiary/aromatic N) is 2. The Morgan fingerprint density at radius 1 is 1.06 bits per heavy atom. The molecule has 2 aliphatic heterocycles. The van der Waals surface area contributed by atoms with Crippen LogP contribution in [0.1, 0.15) is 24.5 Å². The van der Waals surface area contributed by atoms with Crippen LogP contribution in [0.2, 0.25) is 0 Å². The van der Waals surface area contributed by atoms with Gasteiger partial charge < -0.3 is 14.8 Å². The van der Waals surface area contributed by atoms with Crippen molar-refractivity contribution in [3.8, 4) is 11.4 Å². The summed E-state index contributed by atoms with van der Waals surface area (Å²) in [6.45, 7) is 1.71. The summed E-state index contributed by atoms with van der Waals surface area (Å²) >= 11 is 0. The molecule has 1 aromatic heterocycles. The lowest BCUT2D eigenvalue weighted by atomic mass is 9.74. The van der Waals surface area contributed by atoms with Crippen LogP contribution >= 0.6 is 0 Å². The van der Waals surface area contributed by atoms with E-state index in [0.717, 1.165) is 12.0 Å². The highest BCUT2D eigenvalue weighted by Crippen LogP contribution is 2.57. The molecule has 0 aliphatic carbocycles. The first-order valence-corrected chi connectivity index (χ1v) is 11.7. The lowest BCUT2D eigenvalue weighted by Crippen LogP contribution is -2.67. The van der Waals surface area contributed by atoms with Crippen LogP contribution in [0.5, 0.6) is 5.75 Å². The summed E-state index contributed by atoms with van der Waals surface area (Å²) < 4.78 is 70.2. The number of para-hydroxylation sites is 2. The number of rotatable bonds is 5. The summed E-state index contributed by atoms with van der Waals surface area (Å²) in [4.78, 5) is 0. The van der Waals surface area contributed by atoms with E-state index in [9.17, 15) is 17.6 Å². The third kappa shape index (κ3) is 3.44. The van der Waals surface area contributed by atoms with Gasteiger partial charge in [0, 0.05) is 29.5 Å². The molecule has 3 aromatic carbocycles. The first-order chi connectivity index (χ1) is 17.2. The molecule has 2 aliphatic rings. The predicted molar refractivity (Wildman–Crippen MR) is 127 cm³/mol. The van der Waals surface area contributed by atoms with Gasteiger partial charge in [-0.1, -0.05) is 36.4 Å². The smallest absolute Gasteiger partial charge is 0.419 e. The molecule has 6 rings (SSSR count). The van der Waals surface area contributed by atoms with E-state index < -0.39 is 29.7 Å². The maximum absolute atomic E-state index is 14.3. The Morgan fingerprint density at radius 2 is 1.83 bits per heavy atom. The number of fused-ring (bicyclic) bond motifs is 2. The Morgan fingerprint density at radius 3 is 2.61 bits per heavy atom. The van der Waals surface area contributed by atoms with Gasteiger partial charge in [-0.25, -0.2) is 9.07 Å². The molecule has 1 fully saturated rings. The number of hydrogen-bond donors (Lipinski definition) is 1. The van der Waals surface area contributed by atoms with Gasteiger partial charge in [0.05, 0.1) is 30.5 Å².